The summed E-state index contributed by atoms with van der Waals surface area (Å²) >= 11 is 9.31. The molecule has 0 fully saturated rings. The smallest absolute Gasteiger partial charge is 0.281 e. The summed E-state index contributed by atoms with van der Waals surface area (Å²) in [7, 11) is 0. The van der Waals surface area contributed by atoms with Crippen LogP contribution >= 0.6 is 27.5 Å². The van der Waals surface area contributed by atoms with Crippen molar-refractivity contribution in [1.29, 1.82) is 0 Å². The second-order valence-corrected chi connectivity index (χ2v) is 5.84. The molecule has 2 aromatic carbocycles. The molecule has 5 nitrogen and oxygen atoms in total. The third-order valence-corrected chi connectivity index (χ3v) is 3.78. The van der Waals surface area contributed by atoms with Crippen LogP contribution in [0.5, 0.6) is 0 Å². The number of nitrogens with one attached hydrogen (secondary N) is 2. The van der Waals surface area contributed by atoms with Crippen LogP contribution in [-0.2, 0) is 4.79 Å². The number of hydrogen-bond donors (Lipinski definition) is 3. The zero-order valence-electron chi connectivity index (χ0n) is 11.8. The molecule has 0 aromatic heterocycles. The van der Waals surface area contributed by atoms with E-state index >= 15 is 0 Å². The summed E-state index contributed by atoms with van der Waals surface area (Å²) in [6.45, 7) is 0. The van der Waals surface area contributed by atoms with Crippen molar-refractivity contribution in [1.82, 2.24) is 10.7 Å². The first-order valence-electron chi connectivity index (χ1n) is 6.55. The molecule has 23 heavy (non-hydrogen) atoms. The van der Waals surface area contributed by atoms with Gasteiger partial charge in [0.1, 0.15) is 5.70 Å². The van der Waals surface area contributed by atoms with E-state index in [1.165, 1.54) is 6.08 Å². The lowest BCUT2D eigenvalue weighted by atomic mass is 10.1. The molecule has 7 heteroatoms. The Kier molecular flexibility index (Phi) is 5.92. The topological polar surface area (TPSA) is 84.2 Å². The molecule has 0 aliphatic carbocycles. The fraction of sp³-hybridized carbons (Fsp3) is 0. The first kappa shape index (κ1) is 17.2. The summed E-state index contributed by atoms with van der Waals surface area (Å²) in [5.74, 6) is 4.05. The largest absolute Gasteiger partial charge is 0.317 e. The highest BCUT2D eigenvalue weighted by atomic mass is 79.9. The number of amides is 2. The highest BCUT2D eigenvalue weighted by molar-refractivity contribution is 9.10. The molecule has 0 aliphatic heterocycles. The lowest BCUT2D eigenvalue weighted by Crippen LogP contribution is -2.38. The molecule has 0 saturated carbocycles. The minimum absolute atomic E-state index is 0.0137. The number of halogens is 2. The Balaban J connectivity index is 2.29. The number of benzene rings is 2. The van der Waals surface area contributed by atoms with Gasteiger partial charge in [0.15, 0.2) is 0 Å². The maximum atomic E-state index is 12.3. The fourth-order valence-corrected chi connectivity index (χ4v) is 2.28. The molecule has 0 radical (unpaired) electrons. The summed E-state index contributed by atoms with van der Waals surface area (Å²) in [6.07, 6.45) is 1.52. The van der Waals surface area contributed by atoms with Gasteiger partial charge in [-0.15, -0.1) is 0 Å². The van der Waals surface area contributed by atoms with Gasteiger partial charge in [0.25, 0.3) is 11.8 Å². The van der Waals surface area contributed by atoms with Gasteiger partial charge in [0, 0.05) is 4.47 Å². The van der Waals surface area contributed by atoms with Crippen molar-refractivity contribution in [3.8, 4) is 0 Å². The molecule has 2 rings (SSSR count). The predicted octanol–water partition coefficient (Wildman–Crippen LogP) is 2.86. The molecular formula is C16H13BrClN3O2. The average Bonchev–Trinajstić information content (AvgIpc) is 2.55. The highest BCUT2D eigenvalue weighted by Gasteiger charge is 2.15. The minimum atomic E-state index is -0.617. The zero-order chi connectivity index (χ0) is 16.8. The summed E-state index contributed by atoms with van der Waals surface area (Å²) in [5.41, 5.74) is 3.01. The predicted molar refractivity (Wildman–Crippen MR) is 93.4 cm³/mol. The fourth-order valence-electron chi connectivity index (χ4n) is 1.80. The first-order valence-corrected chi connectivity index (χ1v) is 7.72. The van der Waals surface area contributed by atoms with Crippen LogP contribution < -0.4 is 16.6 Å². The van der Waals surface area contributed by atoms with Crippen molar-refractivity contribution in [2.75, 3.05) is 0 Å². The van der Waals surface area contributed by atoms with Gasteiger partial charge in [-0.1, -0.05) is 51.8 Å². The lowest BCUT2D eigenvalue weighted by molar-refractivity contribution is -0.117. The Morgan fingerprint density at radius 3 is 2.35 bits per heavy atom. The summed E-state index contributed by atoms with van der Waals surface area (Å²) in [4.78, 5) is 24.1. The average molecular weight is 395 g/mol. The van der Waals surface area contributed by atoms with Crippen LogP contribution in [0.25, 0.3) is 6.08 Å². The van der Waals surface area contributed by atoms with Gasteiger partial charge in [0.2, 0.25) is 0 Å². The van der Waals surface area contributed by atoms with Crippen molar-refractivity contribution in [3.63, 3.8) is 0 Å². The second-order valence-electron chi connectivity index (χ2n) is 4.52. The van der Waals surface area contributed by atoms with Crippen molar-refractivity contribution in [2.45, 2.75) is 0 Å². The zero-order valence-corrected chi connectivity index (χ0v) is 14.2. The van der Waals surface area contributed by atoms with Gasteiger partial charge < -0.3 is 5.32 Å². The number of nitrogens with two attached hydrogens (primary N) is 1. The van der Waals surface area contributed by atoms with E-state index in [9.17, 15) is 9.59 Å². The van der Waals surface area contributed by atoms with Crippen LogP contribution in [0.2, 0.25) is 5.02 Å². The Bertz CT molecular complexity index is 760. The third-order valence-electron chi connectivity index (χ3n) is 2.92. The molecule has 4 N–H and O–H groups in total. The van der Waals surface area contributed by atoms with Crippen LogP contribution in [0.4, 0.5) is 0 Å². The molecule has 0 spiro atoms. The third kappa shape index (κ3) is 4.66. The Hall–Kier alpha value is -2.15. The summed E-state index contributed by atoms with van der Waals surface area (Å²) in [5, 5.41) is 2.81. The molecular weight excluding hydrogens is 382 g/mol. The Morgan fingerprint density at radius 1 is 1.09 bits per heavy atom. The van der Waals surface area contributed by atoms with Gasteiger partial charge >= 0.3 is 0 Å². The first-order chi connectivity index (χ1) is 11.0. The van der Waals surface area contributed by atoms with Crippen molar-refractivity contribution in [2.24, 2.45) is 5.84 Å². The maximum Gasteiger partial charge on any atom is 0.281 e. The van der Waals surface area contributed by atoms with Gasteiger partial charge in [-0.3, -0.25) is 15.0 Å². The van der Waals surface area contributed by atoms with E-state index in [0.29, 0.717) is 5.02 Å². The molecule has 2 amide bonds. The molecule has 0 bridgehead atoms. The van der Waals surface area contributed by atoms with Gasteiger partial charge in [-0.25, -0.2) is 5.84 Å². The number of hydrazine groups is 1. The van der Waals surface area contributed by atoms with E-state index in [-0.39, 0.29) is 11.3 Å². The van der Waals surface area contributed by atoms with Crippen molar-refractivity contribution < 1.29 is 9.59 Å². The Morgan fingerprint density at radius 2 is 1.74 bits per heavy atom. The molecule has 0 saturated heterocycles. The molecule has 2 aromatic rings. The minimum Gasteiger partial charge on any atom is -0.317 e. The second kappa shape index (κ2) is 7.92. The summed E-state index contributed by atoms with van der Waals surface area (Å²) < 4.78 is 0.902. The van der Waals surface area contributed by atoms with E-state index in [4.69, 9.17) is 17.4 Å². The maximum absolute atomic E-state index is 12.3. The quantitative estimate of drug-likeness (QED) is 0.323. The van der Waals surface area contributed by atoms with E-state index < -0.39 is 11.8 Å². The molecule has 0 heterocycles. The molecule has 0 aliphatic rings. The van der Waals surface area contributed by atoms with E-state index in [0.717, 1.165) is 10.0 Å². The van der Waals surface area contributed by atoms with Crippen LogP contribution in [0.1, 0.15) is 15.9 Å². The van der Waals surface area contributed by atoms with Crippen LogP contribution in [0.15, 0.2) is 58.7 Å². The summed E-state index contributed by atoms with van der Waals surface area (Å²) in [6, 6.07) is 13.8. The molecule has 0 atom stereocenters. The van der Waals surface area contributed by atoms with Gasteiger partial charge in [-0.2, -0.15) is 0 Å². The lowest BCUT2D eigenvalue weighted by Gasteiger charge is -2.10. The van der Waals surface area contributed by atoms with Crippen molar-refractivity contribution >= 4 is 45.4 Å². The SMILES string of the molecule is NNC(=O)/C(=C\c1ccc(Br)cc1)NC(=O)c1ccccc1Cl. The Labute approximate surface area is 146 Å². The van der Waals surface area contributed by atoms with Crippen molar-refractivity contribution in [3.05, 3.63) is 74.9 Å². The monoisotopic (exact) mass is 393 g/mol. The van der Waals surface area contributed by atoms with E-state index in [1.54, 1.807) is 36.4 Å². The van der Waals surface area contributed by atoms with Crippen LogP contribution in [0.3, 0.4) is 0 Å². The van der Waals surface area contributed by atoms with Gasteiger partial charge in [-0.05, 0) is 35.9 Å². The number of carbonyl (C=O) groups excluding carboxylic acids is 2. The normalized spacial score (nSPS) is 11.0. The number of carbonyl (C=O) groups is 2. The number of rotatable bonds is 4. The molecule has 0 unspecified atom stereocenters. The van der Waals surface area contributed by atoms with Gasteiger partial charge in [0.05, 0.1) is 10.6 Å². The number of hydrogen-bond acceptors (Lipinski definition) is 3. The van der Waals surface area contributed by atoms with Crippen LogP contribution in [0, 0.1) is 0 Å². The molecule has 118 valence electrons. The van der Waals surface area contributed by atoms with E-state index in [1.807, 2.05) is 17.6 Å². The standard InChI is InChI=1S/C16H13BrClN3O2/c17-11-7-5-10(6-8-11)9-14(16(23)21-19)20-15(22)12-3-1-2-4-13(12)18/h1-9H,19H2,(H,20,22)(H,21,23)/b14-9+. The van der Waals surface area contributed by atoms with E-state index in [2.05, 4.69) is 21.2 Å². The highest BCUT2D eigenvalue weighted by Crippen LogP contribution is 2.16. The van der Waals surface area contributed by atoms with Crippen LogP contribution in [-0.4, -0.2) is 11.8 Å².